The first-order chi connectivity index (χ1) is 16.6. The van der Waals surface area contributed by atoms with Gasteiger partial charge in [0.1, 0.15) is 0 Å². The number of rotatable bonds is 11. The van der Waals surface area contributed by atoms with Gasteiger partial charge in [0.05, 0.1) is 35.8 Å². The van der Waals surface area contributed by atoms with E-state index in [0.717, 1.165) is 11.3 Å². The molecule has 0 atom stereocenters. The molecule has 1 fully saturated rings. The van der Waals surface area contributed by atoms with Gasteiger partial charge in [-0.1, -0.05) is 26.0 Å². The van der Waals surface area contributed by atoms with Gasteiger partial charge in [-0.25, -0.2) is 15.0 Å². The Balaban J connectivity index is 1.50. The molecule has 2 N–H and O–H groups in total. The summed E-state index contributed by atoms with van der Waals surface area (Å²) in [6.07, 6.45) is 8.69. The van der Waals surface area contributed by atoms with Gasteiger partial charge in [0.2, 0.25) is 17.7 Å². The monoisotopic (exact) mass is 478 g/mol. The van der Waals surface area contributed by atoms with E-state index in [0.29, 0.717) is 47.9 Å². The molecule has 0 spiro atoms. The van der Waals surface area contributed by atoms with E-state index in [1.165, 1.54) is 12.8 Å². The smallest absolute Gasteiger partial charge is 0.236 e. The number of hydrogen-bond acceptors (Lipinski definition) is 8. The molecule has 0 unspecified atom stereocenters. The van der Waals surface area contributed by atoms with Crippen LogP contribution in [-0.4, -0.2) is 37.7 Å². The lowest BCUT2D eigenvalue weighted by molar-refractivity contribution is -0.122. The number of amides is 1. The summed E-state index contributed by atoms with van der Waals surface area (Å²) in [6, 6.07) is 9.41. The van der Waals surface area contributed by atoms with Crippen molar-refractivity contribution >= 4 is 29.5 Å². The number of anilines is 2. The Labute approximate surface area is 204 Å². The normalized spacial score (nSPS) is 13.4. The Morgan fingerprint density at radius 3 is 2.53 bits per heavy atom. The first-order valence-electron chi connectivity index (χ1n) is 11.7. The average Bonchev–Trinajstić information content (AvgIpc) is 3.70. The Kier molecular flexibility index (Phi) is 7.62. The molecule has 0 radical (unpaired) electrons. The second kappa shape index (κ2) is 10.8. The Morgan fingerprint density at radius 1 is 1.09 bits per heavy atom. The van der Waals surface area contributed by atoms with E-state index in [9.17, 15) is 4.79 Å². The number of ether oxygens (including phenoxy) is 1. The van der Waals surface area contributed by atoms with E-state index in [1.54, 1.807) is 30.5 Å². The Bertz CT molecular complexity index is 1120. The standard InChI is InChI=1S/C25H30N6O2S/c1-4-25(5-2,21-13-14-27-24(30-21)31-34-19-11-12-19)23(32)28-18-9-7-17(8-10-18)20-15-26-16-22(29-20)33-6-3/h7-10,13-16,19H,4-6,11-12H2,1-3H3,(H,28,32)(H,27,30,31). The quantitative estimate of drug-likeness (QED) is 0.360. The van der Waals surface area contributed by atoms with Gasteiger partial charge in [-0.3, -0.25) is 14.5 Å². The summed E-state index contributed by atoms with van der Waals surface area (Å²) in [5.74, 6) is 0.957. The van der Waals surface area contributed by atoms with Crippen LogP contribution in [0.1, 0.15) is 52.1 Å². The van der Waals surface area contributed by atoms with E-state index in [1.807, 2.05) is 51.1 Å². The number of nitrogens with zero attached hydrogens (tertiary/aromatic N) is 4. The Hall–Kier alpha value is -3.20. The molecule has 0 bridgehead atoms. The molecule has 34 heavy (non-hydrogen) atoms. The molecule has 178 valence electrons. The van der Waals surface area contributed by atoms with E-state index >= 15 is 0 Å². The third-order valence-electron chi connectivity index (χ3n) is 5.97. The summed E-state index contributed by atoms with van der Waals surface area (Å²) in [5, 5.41) is 3.72. The van der Waals surface area contributed by atoms with Crippen molar-refractivity contribution in [3.05, 3.63) is 54.6 Å². The SMILES string of the molecule is CCOc1cncc(-c2ccc(NC(=O)C(CC)(CC)c3ccnc(NSC4CC4)n3)cc2)n1. The van der Waals surface area contributed by atoms with Crippen molar-refractivity contribution in [1.82, 2.24) is 19.9 Å². The number of carbonyl (C=O) groups excluding carboxylic acids is 1. The molecular formula is C25H30N6O2S. The predicted octanol–water partition coefficient (Wildman–Crippen LogP) is 5.25. The topological polar surface area (TPSA) is 102 Å². The van der Waals surface area contributed by atoms with Crippen molar-refractivity contribution in [2.24, 2.45) is 0 Å². The fourth-order valence-corrected chi connectivity index (χ4v) is 4.47. The zero-order valence-electron chi connectivity index (χ0n) is 19.7. The van der Waals surface area contributed by atoms with Crippen LogP contribution in [0.15, 0.2) is 48.9 Å². The molecule has 0 aliphatic heterocycles. The molecule has 2 heterocycles. The van der Waals surface area contributed by atoms with E-state index in [4.69, 9.17) is 9.72 Å². The number of benzene rings is 1. The number of aromatic nitrogens is 4. The lowest BCUT2D eigenvalue weighted by atomic mass is 9.78. The van der Waals surface area contributed by atoms with Crippen LogP contribution in [0.2, 0.25) is 0 Å². The molecule has 9 heteroatoms. The number of carbonyl (C=O) groups is 1. The summed E-state index contributed by atoms with van der Waals surface area (Å²) >= 11 is 1.65. The zero-order valence-corrected chi connectivity index (χ0v) is 20.6. The molecule has 1 aromatic carbocycles. The maximum atomic E-state index is 13.5. The van der Waals surface area contributed by atoms with Crippen LogP contribution in [0.25, 0.3) is 11.3 Å². The summed E-state index contributed by atoms with van der Waals surface area (Å²) in [7, 11) is 0. The minimum atomic E-state index is -0.750. The van der Waals surface area contributed by atoms with Crippen molar-refractivity contribution in [2.75, 3.05) is 16.6 Å². The van der Waals surface area contributed by atoms with Crippen molar-refractivity contribution in [3.8, 4) is 17.1 Å². The maximum Gasteiger partial charge on any atom is 0.236 e. The lowest BCUT2D eigenvalue weighted by Crippen LogP contribution is -2.40. The van der Waals surface area contributed by atoms with Gasteiger partial charge < -0.3 is 10.1 Å². The van der Waals surface area contributed by atoms with Gasteiger partial charge in [-0.2, -0.15) is 0 Å². The minimum absolute atomic E-state index is 0.0807. The van der Waals surface area contributed by atoms with E-state index in [2.05, 4.69) is 25.0 Å². The molecule has 4 rings (SSSR count). The van der Waals surface area contributed by atoms with E-state index in [-0.39, 0.29) is 5.91 Å². The fraction of sp³-hybridized carbons (Fsp3) is 0.400. The van der Waals surface area contributed by atoms with Gasteiger partial charge >= 0.3 is 0 Å². The Morgan fingerprint density at radius 2 is 1.85 bits per heavy atom. The van der Waals surface area contributed by atoms with Crippen molar-refractivity contribution < 1.29 is 9.53 Å². The second-order valence-corrected chi connectivity index (χ2v) is 9.29. The van der Waals surface area contributed by atoms with Crippen LogP contribution < -0.4 is 14.8 Å². The highest BCUT2D eigenvalue weighted by atomic mass is 32.2. The minimum Gasteiger partial charge on any atom is -0.477 e. The highest BCUT2D eigenvalue weighted by Crippen LogP contribution is 2.35. The maximum absolute atomic E-state index is 13.5. The lowest BCUT2D eigenvalue weighted by Gasteiger charge is -2.30. The largest absolute Gasteiger partial charge is 0.477 e. The summed E-state index contributed by atoms with van der Waals surface area (Å²) < 4.78 is 8.67. The van der Waals surface area contributed by atoms with Crippen molar-refractivity contribution in [1.29, 1.82) is 0 Å². The zero-order chi connectivity index (χ0) is 24.0. The first-order valence-corrected chi connectivity index (χ1v) is 12.6. The molecule has 1 aliphatic rings. The van der Waals surface area contributed by atoms with Crippen LogP contribution in [0.4, 0.5) is 11.6 Å². The van der Waals surface area contributed by atoms with Crippen LogP contribution in [0.5, 0.6) is 5.88 Å². The average molecular weight is 479 g/mol. The van der Waals surface area contributed by atoms with Crippen LogP contribution in [0, 0.1) is 0 Å². The second-order valence-electron chi connectivity index (χ2n) is 8.18. The summed E-state index contributed by atoms with van der Waals surface area (Å²) in [6.45, 7) is 6.47. The molecule has 2 aromatic heterocycles. The summed E-state index contributed by atoms with van der Waals surface area (Å²) in [4.78, 5) is 31.2. The number of nitrogens with one attached hydrogen (secondary N) is 2. The van der Waals surface area contributed by atoms with Crippen LogP contribution in [0.3, 0.4) is 0 Å². The highest BCUT2D eigenvalue weighted by Gasteiger charge is 2.38. The van der Waals surface area contributed by atoms with Crippen LogP contribution in [-0.2, 0) is 10.2 Å². The van der Waals surface area contributed by atoms with Gasteiger partial charge in [0.15, 0.2) is 0 Å². The highest BCUT2D eigenvalue weighted by molar-refractivity contribution is 8.01. The van der Waals surface area contributed by atoms with E-state index < -0.39 is 5.41 Å². The fourth-order valence-electron chi connectivity index (χ4n) is 3.73. The molecule has 1 amide bonds. The van der Waals surface area contributed by atoms with Gasteiger partial charge in [-0.05, 0) is 62.8 Å². The number of hydrogen-bond donors (Lipinski definition) is 2. The molecule has 3 aromatic rings. The van der Waals surface area contributed by atoms with Crippen molar-refractivity contribution in [2.45, 2.75) is 57.1 Å². The third-order valence-corrected chi connectivity index (χ3v) is 7.08. The van der Waals surface area contributed by atoms with Gasteiger partial charge in [-0.15, -0.1) is 0 Å². The molecule has 1 aliphatic carbocycles. The predicted molar refractivity (Wildman–Crippen MR) is 136 cm³/mol. The van der Waals surface area contributed by atoms with Crippen molar-refractivity contribution in [3.63, 3.8) is 0 Å². The molecule has 0 saturated heterocycles. The molecule has 1 saturated carbocycles. The van der Waals surface area contributed by atoms with Gasteiger partial charge in [0, 0.05) is 22.7 Å². The molecule has 8 nitrogen and oxygen atoms in total. The van der Waals surface area contributed by atoms with Gasteiger partial charge in [0.25, 0.3) is 0 Å². The molecular weight excluding hydrogens is 448 g/mol. The summed E-state index contributed by atoms with van der Waals surface area (Å²) in [5.41, 5.74) is 2.29. The third kappa shape index (κ3) is 5.47. The first kappa shape index (κ1) is 23.9. The van der Waals surface area contributed by atoms with Crippen LogP contribution >= 0.6 is 11.9 Å².